The van der Waals surface area contributed by atoms with Crippen LogP contribution in [-0.4, -0.2) is 33.0 Å². The normalized spacial score (nSPS) is 22.4. The van der Waals surface area contributed by atoms with Gasteiger partial charge in [-0.15, -0.1) is 11.8 Å². The number of aromatic carboxylic acids is 1. The Morgan fingerprint density at radius 3 is 2.35 bits per heavy atom. The van der Waals surface area contributed by atoms with Crippen molar-refractivity contribution in [3.63, 3.8) is 0 Å². The van der Waals surface area contributed by atoms with Crippen LogP contribution in [-0.2, 0) is 22.6 Å². The minimum Gasteiger partial charge on any atom is -0.478 e. The second kappa shape index (κ2) is 11.1. The van der Waals surface area contributed by atoms with E-state index in [9.17, 15) is 15.0 Å². The molecule has 0 bridgehead atoms. The highest BCUT2D eigenvalue weighted by Gasteiger charge is 2.38. The summed E-state index contributed by atoms with van der Waals surface area (Å²) < 4.78 is 12.8. The van der Waals surface area contributed by atoms with E-state index in [1.54, 1.807) is 18.3 Å². The van der Waals surface area contributed by atoms with Gasteiger partial charge in [0.2, 0.25) is 0 Å². The van der Waals surface area contributed by atoms with E-state index in [1.807, 2.05) is 48.5 Å². The molecule has 1 aliphatic rings. The number of hydrogen-bond donors (Lipinski definition) is 3. The Hall–Kier alpha value is -2.75. The average Bonchev–Trinajstić information content (AvgIpc) is 2.88. The highest BCUT2D eigenvalue weighted by molar-refractivity contribution is 7.99. The summed E-state index contributed by atoms with van der Waals surface area (Å²) in [6.45, 7) is 2.51. The van der Waals surface area contributed by atoms with Crippen molar-refractivity contribution in [1.29, 1.82) is 0 Å². The van der Waals surface area contributed by atoms with Crippen molar-refractivity contribution in [3.8, 4) is 0 Å². The lowest BCUT2D eigenvalue weighted by molar-refractivity contribution is -0.268. The lowest BCUT2D eigenvalue weighted by Gasteiger charge is -2.41. The van der Waals surface area contributed by atoms with Gasteiger partial charge >= 0.3 is 5.97 Å². The maximum absolute atomic E-state index is 11.6. The number of hydrogen-bond acceptors (Lipinski definition) is 7. The second-order valence-corrected chi connectivity index (χ2v) is 9.25. The number of nitrogens with two attached hydrogens (primary N) is 1. The summed E-state index contributed by atoms with van der Waals surface area (Å²) in [5.41, 5.74) is 9.66. The maximum atomic E-state index is 11.6. The number of pyridine rings is 1. The van der Waals surface area contributed by atoms with Gasteiger partial charge in [-0.1, -0.05) is 55.5 Å². The van der Waals surface area contributed by atoms with Crippen LogP contribution in [0.2, 0.25) is 0 Å². The molecule has 4 atom stereocenters. The van der Waals surface area contributed by atoms with E-state index in [1.165, 1.54) is 11.8 Å². The molecule has 0 spiro atoms. The molecule has 1 aliphatic heterocycles. The number of aliphatic hydroxyl groups excluding tert-OH is 1. The number of carboxylic acid groups (broad SMARTS) is 1. The van der Waals surface area contributed by atoms with Gasteiger partial charge in [0.15, 0.2) is 6.29 Å². The molecule has 1 saturated heterocycles. The smallest absolute Gasteiger partial charge is 0.338 e. The van der Waals surface area contributed by atoms with E-state index in [0.717, 1.165) is 22.3 Å². The molecular formula is C26H28N2O5S. The van der Waals surface area contributed by atoms with E-state index < -0.39 is 12.3 Å². The molecule has 0 unspecified atom stereocenters. The van der Waals surface area contributed by atoms with Crippen molar-refractivity contribution in [2.75, 3.05) is 5.75 Å². The molecule has 0 saturated carbocycles. The molecule has 178 valence electrons. The van der Waals surface area contributed by atoms with Crippen LogP contribution in [0.25, 0.3) is 0 Å². The first-order valence-electron chi connectivity index (χ1n) is 11.1. The molecule has 0 amide bonds. The minimum absolute atomic E-state index is 0.0102. The van der Waals surface area contributed by atoms with Gasteiger partial charge in [-0.05, 0) is 28.8 Å². The number of thioether (sulfide) groups is 1. The standard InChI is InChI=1S/C26H28N2O5S/c1-16-22(15-34-24-21(25(30)31)3-2-12-28-24)32-26(20-10-4-17(13-27)5-11-20)33-23(16)19-8-6-18(14-29)7-9-19/h2-12,16,22-23,26,29H,13-15,27H2,1H3,(H,30,31)/t16-,22+,23+,26+/m0/s1. The van der Waals surface area contributed by atoms with E-state index in [-0.39, 0.29) is 30.3 Å². The molecule has 4 rings (SSSR count). The molecule has 7 nitrogen and oxygen atoms in total. The van der Waals surface area contributed by atoms with Gasteiger partial charge in [-0.25, -0.2) is 9.78 Å². The molecule has 0 radical (unpaired) electrons. The highest BCUT2D eigenvalue weighted by atomic mass is 32.2. The van der Waals surface area contributed by atoms with E-state index in [0.29, 0.717) is 17.3 Å². The molecule has 4 N–H and O–H groups in total. The van der Waals surface area contributed by atoms with Gasteiger partial charge in [-0.2, -0.15) is 0 Å². The summed E-state index contributed by atoms with van der Waals surface area (Å²) in [7, 11) is 0. The summed E-state index contributed by atoms with van der Waals surface area (Å²) >= 11 is 1.37. The van der Waals surface area contributed by atoms with Crippen molar-refractivity contribution < 1.29 is 24.5 Å². The van der Waals surface area contributed by atoms with Crippen LogP contribution in [0.5, 0.6) is 0 Å². The predicted octanol–water partition coefficient (Wildman–Crippen LogP) is 4.31. The molecule has 2 aromatic carbocycles. The Balaban J connectivity index is 1.60. The quantitative estimate of drug-likeness (QED) is 0.409. The van der Waals surface area contributed by atoms with Crippen molar-refractivity contribution in [2.24, 2.45) is 11.7 Å². The van der Waals surface area contributed by atoms with Crippen LogP contribution in [0.4, 0.5) is 0 Å². The third kappa shape index (κ3) is 5.48. The molecule has 8 heteroatoms. The largest absolute Gasteiger partial charge is 0.478 e. The summed E-state index contributed by atoms with van der Waals surface area (Å²) in [6, 6.07) is 18.7. The monoisotopic (exact) mass is 480 g/mol. The van der Waals surface area contributed by atoms with E-state index >= 15 is 0 Å². The first-order chi connectivity index (χ1) is 16.5. The third-order valence-electron chi connectivity index (χ3n) is 6.00. The zero-order chi connectivity index (χ0) is 24.1. The van der Waals surface area contributed by atoms with Gasteiger partial charge in [0.05, 0.1) is 24.4 Å². The van der Waals surface area contributed by atoms with Gasteiger partial charge in [0.1, 0.15) is 5.03 Å². The average molecular weight is 481 g/mol. The Morgan fingerprint density at radius 2 is 1.71 bits per heavy atom. The van der Waals surface area contributed by atoms with Gasteiger partial charge in [0, 0.05) is 30.0 Å². The molecule has 0 aliphatic carbocycles. The van der Waals surface area contributed by atoms with Crippen LogP contribution in [0.3, 0.4) is 0 Å². The SMILES string of the molecule is C[C@H]1[C@@H](CSc2ncccc2C(=O)O)O[C@@H](c2ccc(CN)cc2)O[C@H]1c1ccc(CO)cc1. The molecule has 3 aromatic rings. The molecule has 1 fully saturated rings. The third-order valence-corrected chi connectivity index (χ3v) is 7.09. The number of nitrogens with zero attached hydrogens (tertiary/aromatic N) is 1. The summed E-state index contributed by atoms with van der Waals surface area (Å²) in [4.78, 5) is 15.8. The summed E-state index contributed by atoms with van der Waals surface area (Å²) in [5.74, 6) is -0.495. The van der Waals surface area contributed by atoms with E-state index in [2.05, 4.69) is 11.9 Å². The minimum atomic E-state index is -1.00. The molecular weight excluding hydrogens is 452 g/mol. The summed E-state index contributed by atoms with van der Waals surface area (Å²) in [6.07, 6.45) is 0.549. The molecule has 1 aromatic heterocycles. The van der Waals surface area contributed by atoms with Crippen molar-refractivity contribution >= 4 is 17.7 Å². The molecule has 34 heavy (non-hydrogen) atoms. The highest BCUT2D eigenvalue weighted by Crippen LogP contribution is 2.43. The fourth-order valence-electron chi connectivity index (χ4n) is 3.95. The molecule has 2 heterocycles. The number of ether oxygens (including phenoxy) is 2. The first kappa shape index (κ1) is 24.4. The predicted molar refractivity (Wildman–Crippen MR) is 129 cm³/mol. The van der Waals surface area contributed by atoms with Crippen molar-refractivity contribution in [3.05, 3.63) is 94.7 Å². The first-order valence-corrected chi connectivity index (χ1v) is 12.1. The van der Waals surface area contributed by atoms with Crippen molar-refractivity contribution in [2.45, 2.75) is 43.6 Å². The van der Waals surface area contributed by atoms with Gasteiger partial charge in [0.25, 0.3) is 0 Å². The van der Waals surface area contributed by atoms with E-state index in [4.69, 9.17) is 15.2 Å². The Labute approximate surface area is 202 Å². The fourth-order valence-corrected chi connectivity index (χ4v) is 5.10. The Kier molecular flexibility index (Phi) is 7.97. The van der Waals surface area contributed by atoms with Crippen LogP contribution in [0, 0.1) is 5.92 Å². The van der Waals surface area contributed by atoms with Gasteiger partial charge in [-0.3, -0.25) is 0 Å². The van der Waals surface area contributed by atoms with Crippen LogP contribution in [0.1, 0.15) is 51.9 Å². The lowest BCUT2D eigenvalue weighted by atomic mass is 9.91. The number of aliphatic hydroxyl groups is 1. The van der Waals surface area contributed by atoms with Crippen molar-refractivity contribution in [1.82, 2.24) is 4.98 Å². The topological polar surface area (TPSA) is 115 Å². The maximum Gasteiger partial charge on any atom is 0.338 e. The number of aromatic nitrogens is 1. The summed E-state index contributed by atoms with van der Waals surface area (Å²) in [5, 5.41) is 19.3. The van der Waals surface area contributed by atoms with Crippen LogP contribution >= 0.6 is 11.8 Å². The Bertz CT molecular complexity index is 1110. The Morgan fingerprint density at radius 1 is 1.03 bits per heavy atom. The fraction of sp³-hybridized carbons (Fsp3) is 0.308. The second-order valence-electron chi connectivity index (χ2n) is 8.24. The number of rotatable bonds is 8. The number of carboxylic acids is 1. The number of carbonyl (C=O) groups is 1. The zero-order valence-corrected chi connectivity index (χ0v) is 19.7. The lowest BCUT2D eigenvalue weighted by Crippen LogP contribution is -2.38. The van der Waals surface area contributed by atoms with Crippen LogP contribution < -0.4 is 5.73 Å². The zero-order valence-electron chi connectivity index (χ0n) is 18.8. The number of benzene rings is 2. The van der Waals surface area contributed by atoms with Crippen LogP contribution in [0.15, 0.2) is 71.9 Å². The van der Waals surface area contributed by atoms with Gasteiger partial charge < -0.3 is 25.4 Å².